The van der Waals surface area contributed by atoms with E-state index in [1.165, 1.54) is 4.90 Å². The van der Waals surface area contributed by atoms with Gasteiger partial charge in [0.1, 0.15) is 5.75 Å². The molecule has 1 rings (SSSR count). The summed E-state index contributed by atoms with van der Waals surface area (Å²) in [5.74, 6) is 0.494. The van der Waals surface area contributed by atoms with Gasteiger partial charge in [-0.25, -0.2) is 15.7 Å². The van der Waals surface area contributed by atoms with Gasteiger partial charge in [0.2, 0.25) is 0 Å². The van der Waals surface area contributed by atoms with Crippen LogP contribution in [0, 0.1) is 0 Å². The Balaban J connectivity index is 2.75. The molecule has 1 aromatic carbocycles. The number of nitrogens with two attached hydrogens (primary N) is 1. The highest BCUT2D eigenvalue weighted by Gasteiger charge is 1.99. The van der Waals surface area contributed by atoms with Crippen molar-refractivity contribution < 1.29 is 9.53 Å². The highest BCUT2D eigenvalue weighted by atomic mass is 32.2. The van der Waals surface area contributed by atoms with Crippen LogP contribution in [0.5, 0.6) is 5.75 Å². The fourth-order valence-electron chi connectivity index (χ4n) is 0.928. The Hall–Kier alpha value is -1.16. The Morgan fingerprint density at radius 1 is 1.31 bits per heavy atom. The number of ether oxygens (including phenoxy) is 1. The van der Waals surface area contributed by atoms with Gasteiger partial charge in [-0.05, 0) is 41.7 Å². The smallest absolute Gasteiger partial charge is 0.409 e. The van der Waals surface area contributed by atoms with Crippen LogP contribution < -0.4 is 10.5 Å². The first-order valence-electron chi connectivity index (χ1n) is 3.84. The fourth-order valence-corrected chi connectivity index (χ4v) is 1.67. The molecule has 1 aromatic rings. The highest BCUT2D eigenvalue weighted by molar-refractivity contribution is 8.15. The number of thiol groups is 1. The predicted molar refractivity (Wildman–Crippen MR) is 55.8 cm³/mol. The molecule has 0 aliphatic rings. The summed E-state index contributed by atoms with van der Waals surface area (Å²) < 4.78 is 4.70. The van der Waals surface area contributed by atoms with Crippen LogP contribution in [0.25, 0.3) is 0 Å². The van der Waals surface area contributed by atoms with Crippen molar-refractivity contribution in [3.63, 3.8) is 0 Å². The number of carbonyl (C=O) groups is 1. The van der Waals surface area contributed by atoms with Gasteiger partial charge in [0, 0.05) is 0 Å². The van der Waals surface area contributed by atoms with Crippen LogP contribution in [-0.2, 0) is 0 Å². The number of carbonyl (C=O) groups excluding carboxylic acids is 1. The summed E-state index contributed by atoms with van der Waals surface area (Å²) in [6.45, 7) is 0. The average Bonchev–Trinajstić information content (AvgIpc) is 2.04. The van der Waals surface area contributed by atoms with E-state index in [1.54, 1.807) is 12.1 Å². The van der Waals surface area contributed by atoms with Crippen molar-refractivity contribution in [3.8, 4) is 5.75 Å². The van der Waals surface area contributed by atoms with E-state index in [1.807, 2.05) is 12.1 Å². The minimum atomic E-state index is -0.775. The molecule has 0 saturated carbocycles. The van der Waals surface area contributed by atoms with Gasteiger partial charge in [0.15, 0.2) is 0 Å². The molecule has 2 N–H and O–H groups in total. The zero-order chi connectivity index (χ0) is 9.84. The number of rotatable bonds is 2. The van der Waals surface area contributed by atoms with Crippen molar-refractivity contribution in [2.24, 2.45) is 5.73 Å². The van der Waals surface area contributed by atoms with Crippen molar-refractivity contribution in [1.82, 2.24) is 0 Å². The van der Waals surface area contributed by atoms with Gasteiger partial charge >= 0.3 is 6.09 Å². The Labute approximate surface area is 80.2 Å². The molecule has 0 bridgehead atoms. The number of hydrogen-bond acceptors (Lipinski definition) is 2. The summed E-state index contributed by atoms with van der Waals surface area (Å²) in [5, 5.41) is 0. The lowest BCUT2D eigenvalue weighted by Crippen LogP contribution is -2.16. The van der Waals surface area contributed by atoms with Crippen LogP contribution >= 0.6 is 10.9 Å². The number of amides is 1. The van der Waals surface area contributed by atoms with Crippen molar-refractivity contribution in [2.75, 3.05) is 12.5 Å². The SMILES string of the molecule is C[SH](C)c1ccc(OC(N)=O)cc1. The lowest BCUT2D eigenvalue weighted by atomic mass is 10.3. The molecule has 72 valence electrons. The molecule has 4 heteroatoms. The molecule has 0 unspecified atom stereocenters. The van der Waals surface area contributed by atoms with E-state index in [-0.39, 0.29) is 10.9 Å². The van der Waals surface area contributed by atoms with E-state index in [0.29, 0.717) is 5.75 Å². The average molecular weight is 199 g/mol. The first kappa shape index (κ1) is 9.92. The maximum absolute atomic E-state index is 10.4. The molecular weight excluding hydrogens is 186 g/mol. The summed E-state index contributed by atoms with van der Waals surface area (Å²) in [7, 11) is -0.100. The Morgan fingerprint density at radius 2 is 1.85 bits per heavy atom. The van der Waals surface area contributed by atoms with Crippen molar-refractivity contribution >= 4 is 17.0 Å². The van der Waals surface area contributed by atoms with Gasteiger partial charge < -0.3 is 10.5 Å². The molecule has 0 spiro atoms. The monoisotopic (exact) mass is 199 g/mol. The van der Waals surface area contributed by atoms with Gasteiger partial charge in [-0.3, -0.25) is 0 Å². The summed E-state index contributed by atoms with van der Waals surface area (Å²) in [4.78, 5) is 11.7. The molecule has 0 radical (unpaired) electrons. The molecule has 1 amide bonds. The first-order chi connectivity index (χ1) is 6.09. The standard InChI is InChI=1S/C9H13NO2S/c1-13(2)8-5-3-7(4-6-8)12-9(10)11/h3-6,13H,1-2H3,(H2,10,11). The molecule has 0 heterocycles. The molecule has 0 aliphatic heterocycles. The fraction of sp³-hybridized carbons (Fsp3) is 0.222. The van der Waals surface area contributed by atoms with Crippen LogP contribution in [0.2, 0.25) is 0 Å². The molecule has 0 aliphatic carbocycles. The van der Waals surface area contributed by atoms with Crippen LogP contribution in [0.15, 0.2) is 29.2 Å². The van der Waals surface area contributed by atoms with Gasteiger partial charge in [-0.2, -0.15) is 0 Å². The minimum Gasteiger partial charge on any atom is -0.411 e. The van der Waals surface area contributed by atoms with E-state index < -0.39 is 6.09 Å². The van der Waals surface area contributed by atoms with Gasteiger partial charge in [0.05, 0.1) is 0 Å². The quantitative estimate of drug-likeness (QED) is 0.713. The lowest BCUT2D eigenvalue weighted by Gasteiger charge is -2.09. The molecule has 0 atom stereocenters. The van der Waals surface area contributed by atoms with E-state index in [2.05, 4.69) is 12.5 Å². The summed E-state index contributed by atoms with van der Waals surface area (Å²) >= 11 is 0. The van der Waals surface area contributed by atoms with Gasteiger partial charge in [0.25, 0.3) is 0 Å². The maximum Gasteiger partial charge on any atom is 0.409 e. The van der Waals surface area contributed by atoms with E-state index in [0.717, 1.165) is 0 Å². The number of hydrogen-bond donors (Lipinski definition) is 2. The number of benzene rings is 1. The van der Waals surface area contributed by atoms with E-state index in [4.69, 9.17) is 10.5 Å². The lowest BCUT2D eigenvalue weighted by molar-refractivity contribution is 0.211. The number of primary amides is 1. The minimum absolute atomic E-state index is 0.100. The first-order valence-corrected chi connectivity index (χ1v) is 6.08. The van der Waals surface area contributed by atoms with Gasteiger partial charge in [-0.15, -0.1) is 0 Å². The van der Waals surface area contributed by atoms with Crippen LogP contribution in [0.3, 0.4) is 0 Å². The van der Waals surface area contributed by atoms with Crippen molar-refractivity contribution in [1.29, 1.82) is 0 Å². The van der Waals surface area contributed by atoms with E-state index >= 15 is 0 Å². The Bertz CT molecular complexity index is 295. The summed E-state index contributed by atoms with van der Waals surface area (Å²) in [6, 6.07) is 7.40. The maximum atomic E-state index is 10.4. The molecule has 0 fully saturated rings. The van der Waals surface area contributed by atoms with E-state index in [9.17, 15) is 4.79 Å². The second-order valence-corrected chi connectivity index (χ2v) is 5.11. The van der Waals surface area contributed by atoms with Crippen molar-refractivity contribution in [2.45, 2.75) is 4.90 Å². The summed E-state index contributed by atoms with van der Waals surface area (Å²) in [5.41, 5.74) is 4.87. The van der Waals surface area contributed by atoms with Gasteiger partial charge in [-0.1, -0.05) is 0 Å². The van der Waals surface area contributed by atoms with Crippen LogP contribution in [0.4, 0.5) is 4.79 Å². The Kier molecular flexibility index (Phi) is 3.19. The second-order valence-electron chi connectivity index (χ2n) is 2.81. The van der Waals surface area contributed by atoms with Crippen LogP contribution in [0.1, 0.15) is 0 Å². The largest absolute Gasteiger partial charge is 0.411 e. The molecule has 3 nitrogen and oxygen atoms in total. The highest BCUT2D eigenvalue weighted by Crippen LogP contribution is 2.29. The normalized spacial score (nSPS) is 10.8. The topological polar surface area (TPSA) is 52.3 Å². The molecular formula is C9H13NO2S. The second kappa shape index (κ2) is 4.18. The molecule has 13 heavy (non-hydrogen) atoms. The van der Waals surface area contributed by atoms with Crippen molar-refractivity contribution in [3.05, 3.63) is 24.3 Å². The third-order valence-corrected chi connectivity index (χ3v) is 2.90. The zero-order valence-corrected chi connectivity index (χ0v) is 8.54. The zero-order valence-electron chi connectivity index (χ0n) is 7.65. The molecule has 0 aromatic heterocycles. The third-order valence-electron chi connectivity index (χ3n) is 1.57. The summed E-state index contributed by atoms with van der Waals surface area (Å²) in [6.07, 6.45) is 3.56. The Morgan fingerprint density at radius 3 is 2.23 bits per heavy atom. The van der Waals surface area contributed by atoms with Crippen LogP contribution in [-0.4, -0.2) is 18.6 Å². The predicted octanol–water partition coefficient (Wildman–Crippen LogP) is 1.76. The third kappa shape index (κ3) is 2.99. The molecule has 0 saturated heterocycles.